The molecule has 0 aromatic heterocycles. The van der Waals surface area contributed by atoms with E-state index >= 15 is 0 Å². The maximum atomic E-state index is 13.8. The van der Waals surface area contributed by atoms with Crippen LogP contribution in [-0.4, -0.2) is 23.9 Å². The Morgan fingerprint density at radius 1 is 1.38 bits per heavy atom. The summed E-state index contributed by atoms with van der Waals surface area (Å²) in [5.74, 6) is -0.731. The van der Waals surface area contributed by atoms with Crippen LogP contribution >= 0.6 is 0 Å². The second kappa shape index (κ2) is 5.84. The van der Waals surface area contributed by atoms with E-state index in [9.17, 15) is 14.0 Å². The highest BCUT2D eigenvalue weighted by atomic mass is 19.1. The van der Waals surface area contributed by atoms with Gasteiger partial charge in [-0.25, -0.2) is 4.39 Å². The maximum Gasteiger partial charge on any atom is 0.250 e. The lowest BCUT2D eigenvalue weighted by molar-refractivity contribution is -0.134. The van der Waals surface area contributed by atoms with Crippen molar-refractivity contribution >= 4 is 17.5 Å². The minimum Gasteiger partial charge on any atom is -0.342 e. The molecule has 0 aliphatic carbocycles. The van der Waals surface area contributed by atoms with Gasteiger partial charge >= 0.3 is 0 Å². The normalized spacial score (nSPS) is 24.0. The maximum absolute atomic E-state index is 13.8. The van der Waals surface area contributed by atoms with Gasteiger partial charge in [-0.1, -0.05) is 26.3 Å². The second-order valence-corrected chi connectivity index (χ2v) is 5.69. The Labute approximate surface area is 124 Å². The number of aryl methyl sites for hydroxylation is 1. The third-order valence-corrected chi connectivity index (χ3v) is 4.21. The lowest BCUT2D eigenvalue weighted by atomic mass is 9.94. The first-order chi connectivity index (χ1) is 9.86. The fourth-order valence-electron chi connectivity index (χ4n) is 2.50. The van der Waals surface area contributed by atoms with Crippen molar-refractivity contribution in [2.24, 2.45) is 5.92 Å². The van der Waals surface area contributed by atoms with E-state index < -0.39 is 12.1 Å². The van der Waals surface area contributed by atoms with Crippen molar-refractivity contribution in [1.82, 2.24) is 5.32 Å². The average molecular weight is 292 g/mol. The van der Waals surface area contributed by atoms with Gasteiger partial charge in [0.25, 0.3) is 5.91 Å². The molecule has 2 rings (SSSR count). The zero-order valence-corrected chi connectivity index (χ0v) is 12.8. The molecule has 3 atom stereocenters. The molecule has 1 aromatic rings. The van der Waals surface area contributed by atoms with Crippen LogP contribution in [0.25, 0.3) is 0 Å². The van der Waals surface area contributed by atoms with Crippen LogP contribution in [0, 0.1) is 18.7 Å². The van der Waals surface area contributed by atoms with Crippen LogP contribution in [0.4, 0.5) is 10.1 Å². The van der Waals surface area contributed by atoms with E-state index in [1.165, 1.54) is 11.0 Å². The molecule has 1 aromatic carbocycles. The summed E-state index contributed by atoms with van der Waals surface area (Å²) in [5, 5.41) is 2.77. The van der Waals surface area contributed by atoms with E-state index in [-0.39, 0.29) is 23.5 Å². The highest BCUT2D eigenvalue weighted by molar-refractivity contribution is 6.08. The number of anilines is 1. The average Bonchev–Trinajstić information content (AvgIpc) is 2.46. The first kappa shape index (κ1) is 15.5. The summed E-state index contributed by atoms with van der Waals surface area (Å²) < 4.78 is 13.8. The molecule has 3 unspecified atom stereocenters. The Kier molecular flexibility index (Phi) is 4.30. The molecule has 1 fully saturated rings. The van der Waals surface area contributed by atoms with E-state index in [0.29, 0.717) is 11.3 Å². The van der Waals surface area contributed by atoms with Crippen LogP contribution in [0.3, 0.4) is 0 Å². The molecule has 0 spiro atoms. The predicted molar refractivity (Wildman–Crippen MR) is 79.5 cm³/mol. The predicted octanol–water partition coefficient (Wildman–Crippen LogP) is 2.40. The number of hydrogen-bond acceptors (Lipinski definition) is 2. The van der Waals surface area contributed by atoms with Crippen molar-refractivity contribution in [2.75, 3.05) is 4.90 Å². The number of amides is 2. The Balaban J connectivity index is 2.40. The minimum atomic E-state index is -0.639. The van der Waals surface area contributed by atoms with Crippen LogP contribution < -0.4 is 10.2 Å². The molecular weight excluding hydrogens is 271 g/mol. The fraction of sp³-hybridized carbons (Fsp3) is 0.500. The smallest absolute Gasteiger partial charge is 0.250 e. The number of carbonyl (C=O) groups excluding carboxylic acids is 2. The topological polar surface area (TPSA) is 49.4 Å². The number of rotatable bonds is 3. The van der Waals surface area contributed by atoms with E-state index in [2.05, 4.69) is 5.32 Å². The van der Waals surface area contributed by atoms with Crippen LogP contribution in [0.5, 0.6) is 0 Å². The van der Waals surface area contributed by atoms with Gasteiger partial charge in [-0.2, -0.15) is 0 Å². The van der Waals surface area contributed by atoms with Gasteiger partial charge in [0.2, 0.25) is 5.91 Å². The van der Waals surface area contributed by atoms with Gasteiger partial charge in [0.15, 0.2) is 0 Å². The first-order valence-electron chi connectivity index (χ1n) is 7.26. The number of piperazine rings is 1. The zero-order valence-electron chi connectivity index (χ0n) is 12.8. The molecule has 1 aliphatic heterocycles. The second-order valence-electron chi connectivity index (χ2n) is 5.69. The van der Waals surface area contributed by atoms with Crippen molar-refractivity contribution in [1.29, 1.82) is 0 Å². The first-order valence-corrected chi connectivity index (χ1v) is 7.26. The molecule has 1 saturated heterocycles. The summed E-state index contributed by atoms with van der Waals surface area (Å²) in [7, 11) is 0. The number of carbonyl (C=O) groups is 2. The number of benzene rings is 1. The van der Waals surface area contributed by atoms with Gasteiger partial charge in [-0.15, -0.1) is 0 Å². The molecule has 21 heavy (non-hydrogen) atoms. The zero-order chi connectivity index (χ0) is 15.7. The number of halogens is 1. The lowest BCUT2D eigenvalue weighted by Gasteiger charge is -2.39. The molecule has 1 N–H and O–H groups in total. The summed E-state index contributed by atoms with van der Waals surface area (Å²) in [6, 6.07) is 3.42. The van der Waals surface area contributed by atoms with E-state index in [4.69, 9.17) is 0 Å². The third-order valence-electron chi connectivity index (χ3n) is 4.21. The van der Waals surface area contributed by atoms with E-state index in [1.54, 1.807) is 26.0 Å². The molecule has 1 aliphatic rings. The van der Waals surface area contributed by atoms with Crippen molar-refractivity contribution in [2.45, 2.75) is 46.2 Å². The molecule has 0 radical (unpaired) electrons. The summed E-state index contributed by atoms with van der Waals surface area (Å²) in [6.07, 6.45) is 0.779. The molecule has 5 heteroatoms. The highest BCUT2D eigenvalue weighted by Gasteiger charge is 2.40. The number of nitrogens with one attached hydrogen (secondary N) is 1. The molecule has 1 heterocycles. The van der Waals surface area contributed by atoms with Gasteiger partial charge in [0, 0.05) is 5.69 Å². The fourth-order valence-corrected chi connectivity index (χ4v) is 2.50. The van der Waals surface area contributed by atoms with Crippen molar-refractivity contribution < 1.29 is 14.0 Å². The Morgan fingerprint density at radius 2 is 2.05 bits per heavy atom. The summed E-state index contributed by atoms with van der Waals surface area (Å²) in [6.45, 7) is 7.21. The number of hydrogen-bond donors (Lipinski definition) is 1. The Morgan fingerprint density at radius 3 is 2.62 bits per heavy atom. The van der Waals surface area contributed by atoms with Crippen LogP contribution in [-0.2, 0) is 9.59 Å². The molecule has 4 nitrogen and oxygen atoms in total. The van der Waals surface area contributed by atoms with E-state index in [1.807, 2.05) is 13.8 Å². The van der Waals surface area contributed by atoms with Gasteiger partial charge in [0.05, 0.1) is 0 Å². The Bertz CT molecular complexity index is 573. The summed E-state index contributed by atoms with van der Waals surface area (Å²) in [4.78, 5) is 26.2. The van der Waals surface area contributed by atoms with Crippen LogP contribution in [0.1, 0.15) is 32.8 Å². The monoisotopic (exact) mass is 292 g/mol. The quantitative estimate of drug-likeness (QED) is 0.930. The van der Waals surface area contributed by atoms with Gasteiger partial charge in [-0.05, 0) is 37.5 Å². The summed E-state index contributed by atoms with van der Waals surface area (Å²) in [5.41, 5.74) is 0.942. The van der Waals surface area contributed by atoms with Gasteiger partial charge < -0.3 is 5.32 Å². The van der Waals surface area contributed by atoms with Crippen molar-refractivity contribution in [3.05, 3.63) is 29.6 Å². The number of nitrogens with zero attached hydrogens (tertiary/aromatic N) is 1. The van der Waals surface area contributed by atoms with Crippen molar-refractivity contribution in [3.63, 3.8) is 0 Å². The SMILES string of the molecule is CCC(C)C1NC(=O)C(C)N(c2ccc(C)c(F)c2)C1=O. The Hall–Kier alpha value is -1.91. The van der Waals surface area contributed by atoms with Crippen molar-refractivity contribution in [3.8, 4) is 0 Å². The standard InChI is InChI=1S/C16H21FN2O2/c1-5-9(2)14-16(21)19(11(4)15(20)18-14)12-7-6-10(3)13(17)8-12/h6-9,11,14H,5H2,1-4H3,(H,18,20). The molecular formula is C16H21FN2O2. The minimum absolute atomic E-state index is 0.0340. The van der Waals surface area contributed by atoms with Gasteiger partial charge in [-0.3, -0.25) is 14.5 Å². The van der Waals surface area contributed by atoms with Crippen LogP contribution in [0.2, 0.25) is 0 Å². The van der Waals surface area contributed by atoms with E-state index in [0.717, 1.165) is 6.42 Å². The molecule has 114 valence electrons. The largest absolute Gasteiger partial charge is 0.342 e. The van der Waals surface area contributed by atoms with Crippen LogP contribution in [0.15, 0.2) is 18.2 Å². The molecule has 0 saturated carbocycles. The van der Waals surface area contributed by atoms with Gasteiger partial charge in [0.1, 0.15) is 17.9 Å². The lowest BCUT2D eigenvalue weighted by Crippen LogP contribution is -2.64. The summed E-state index contributed by atoms with van der Waals surface area (Å²) >= 11 is 0. The third kappa shape index (κ3) is 2.77. The molecule has 0 bridgehead atoms. The molecule has 2 amide bonds. The highest BCUT2D eigenvalue weighted by Crippen LogP contribution is 2.26.